The second-order valence-electron chi connectivity index (χ2n) is 10.7. The summed E-state index contributed by atoms with van der Waals surface area (Å²) in [5.74, 6) is 1.30. The minimum Gasteiger partial charge on any atom is -0.493 e. The van der Waals surface area contributed by atoms with Crippen molar-refractivity contribution < 1.29 is 23.5 Å². The van der Waals surface area contributed by atoms with Crippen molar-refractivity contribution in [1.29, 1.82) is 0 Å². The van der Waals surface area contributed by atoms with Gasteiger partial charge in [0.2, 0.25) is 5.91 Å². The van der Waals surface area contributed by atoms with E-state index in [2.05, 4.69) is 13.0 Å². The van der Waals surface area contributed by atoms with Gasteiger partial charge in [-0.05, 0) is 62.0 Å². The minimum atomic E-state index is -0.377. The van der Waals surface area contributed by atoms with Crippen LogP contribution in [0.1, 0.15) is 51.0 Å². The monoisotopic (exact) mass is 470 g/mol. The molecule has 184 valence electrons. The number of likely N-dealkylation sites (tertiary alicyclic amines) is 1. The number of ether oxygens (including phenoxy) is 2. The van der Waals surface area contributed by atoms with Crippen LogP contribution in [0.5, 0.6) is 5.75 Å². The molecular formula is C27H35FN2O4. The minimum absolute atomic E-state index is 0.0109. The highest BCUT2D eigenvalue weighted by Crippen LogP contribution is 2.48. The van der Waals surface area contributed by atoms with E-state index in [9.17, 15) is 14.0 Å². The van der Waals surface area contributed by atoms with Crippen molar-refractivity contribution in [2.45, 2.75) is 51.9 Å². The van der Waals surface area contributed by atoms with E-state index in [1.165, 1.54) is 11.6 Å². The fraction of sp³-hybridized carbons (Fsp3) is 0.630. The van der Waals surface area contributed by atoms with Gasteiger partial charge in [-0.3, -0.25) is 4.79 Å². The molecule has 6 nitrogen and oxygen atoms in total. The lowest BCUT2D eigenvalue weighted by Crippen LogP contribution is -2.42. The van der Waals surface area contributed by atoms with Crippen LogP contribution < -0.4 is 4.74 Å². The van der Waals surface area contributed by atoms with Gasteiger partial charge < -0.3 is 19.3 Å². The maximum absolute atomic E-state index is 14.4. The first-order valence-electron chi connectivity index (χ1n) is 12.7. The van der Waals surface area contributed by atoms with Gasteiger partial charge in [0.25, 0.3) is 0 Å². The lowest BCUT2D eigenvalue weighted by atomic mass is 10.0. The Hall–Kier alpha value is -2.57. The molecular weight excluding hydrogens is 435 g/mol. The summed E-state index contributed by atoms with van der Waals surface area (Å²) in [6, 6.07) is 4.81. The fourth-order valence-corrected chi connectivity index (χ4v) is 4.82. The van der Waals surface area contributed by atoms with Crippen LogP contribution in [-0.4, -0.2) is 61.2 Å². The zero-order valence-electron chi connectivity index (χ0n) is 20.1. The van der Waals surface area contributed by atoms with Crippen molar-refractivity contribution in [3.8, 4) is 5.75 Å². The Kier molecular flexibility index (Phi) is 6.54. The summed E-state index contributed by atoms with van der Waals surface area (Å²) in [5, 5.41) is 0. The van der Waals surface area contributed by atoms with Gasteiger partial charge in [-0.15, -0.1) is 0 Å². The quantitative estimate of drug-likeness (QED) is 0.496. The van der Waals surface area contributed by atoms with Crippen LogP contribution in [0.3, 0.4) is 0 Å². The van der Waals surface area contributed by atoms with E-state index in [-0.39, 0.29) is 29.7 Å². The Balaban J connectivity index is 1.01. The van der Waals surface area contributed by atoms with Gasteiger partial charge in [-0.1, -0.05) is 24.6 Å². The molecule has 5 rings (SSSR count). The van der Waals surface area contributed by atoms with E-state index in [1.54, 1.807) is 21.9 Å². The molecule has 1 aromatic rings. The van der Waals surface area contributed by atoms with Gasteiger partial charge in [-0.25, -0.2) is 9.18 Å². The van der Waals surface area contributed by atoms with Crippen LogP contribution in [-0.2, 0) is 16.0 Å². The normalized spacial score (nSPS) is 24.7. The maximum Gasteiger partial charge on any atom is 0.410 e. The molecule has 0 aromatic heterocycles. The smallest absolute Gasteiger partial charge is 0.410 e. The summed E-state index contributed by atoms with van der Waals surface area (Å²) in [6.45, 7) is 6.18. The summed E-state index contributed by atoms with van der Waals surface area (Å²) in [6.07, 6.45) is 8.46. The van der Waals surface area contributed by atoms with Crippen LogP contribution >= 0.6 is 0 Å². The highest BCUT2D eigenvalue weighted by molar-refractivity contribution is 5.79. The van der Waals surface area contributed by atoms with Crippen LogP contribution in [0.2, 0.25) is 0 Å². The molecule has 2 heterocycles. The SMILES string of the molecule is CC1(COC(=O)N2CC=C([C@H]3C[C@H]3CCOc3ccc(CC(=O)N4CCC4)c(F)c3)CC2)CC1. The third kappa shape index (κ3) is 5.56. The number of halogens is 1. The molecule has 7 heteroatoms. The Morgan fingerprint density at radius 3 is 2.65 bits per heavy atom. The van der Waals surface area contributed by atoms with E-state index < -0.39 is 0 Å². The van der Waals surface area contributed by atoms with Crippen molar-refractivity contribution in [2.24, 2.45) is 17.3 Å². The molecule has 2 saturated carbocycles. The van der Waals surface area contributed by atoms with Gasteiger partial charge in [0, 0.05) is 37.7 Å². The average molecular weight is 471 g/mol. The molecule has 4 aliphatic rings. The number of nitrogens with zero attached hydrogens (tertiary/aromatic N) is 2. The summed E-state index contributed by atoms with van der Waals surface area (Å²) >= 11 is 0. The first-order chi connectivity index (χ1) is 16.4. The molecule has 0 radical (unpaired) electrons. The fourth-order valence-electron chi connectivity index (χ4n) is 4.82. The molecule has 1 aromatic carbocycles. The van der Waals surface area contributed by atoms with Crippen molar-refractivity contribution in [3.63, 3.8) is 0 Å². The molecule has 0 bridgehead atoms. The Bertz CT molecular complexity index is 969. The molecule has 3 fully saturated rings. The number of amides is 2. The molecule has 0 N–H and O–H groups in total. The Morgan fingerprint density at radius 1 is 1.18 bits per heavy atom. The molecule has 2 atom stereocenters. The predicted octanol–water partition coefficient (Wildman–Crippen LogP) is 4.57. The van der Waals surface area contributed by atoms with Crippen molar-refractivity contribution >= 4 is 12.0 Å². The van der Waals surface area contributed by atoms with E-state index >= 15 is 0 Å². The maximum atomic E-state index is 14.4. The summed E-state index contributed by atoms with van der Waals surface area (Å²) in [5.41, 5.74) is 2.09. The predicted molar refractivity (Wildman–Crippen MR) is 126 cm³/mol. The van der Waals surface area contributed by atoms with Crippen molar-refractivity contribution in [2.75, 3.05) is 39.4 Å². The second-order valence-corrected chi connectivity index (χ2v) is 10.7. The Labute approximate surface area is 201 Å². The lowest BCUT2D eigenvalue weighted by Gasteiger charge is -2.31. The zero-order valence-corrected chi connectivity index (χ0v) is 20.1. The number of carbonyl (C=O) groups is 2. The van der Waals surface area contributed by atoms with Crippen molar-refractivity contribution in [1.82, 2.24) is 9.80 Å². The van der Waals surface area contributed by atoms with Gasteiger partial charge in [0.1, 0.15) is 11.6 Å². The van der Waals surface area contributed by atoms with Gasteiger partial charge in [-0.2, -0.15) is 0 Å². The number of benzene rings is 1. The summed E-state index contributed by atoms with van der Waals surface area (Å²) in [4.78, 5) is 27.9. The third-order valence-corrected chi connectivity index (χ3v) is 7.88. The number of hydrogen-bond donors (Lipinski definition) is 0. The third-order valence-electron chi connectivity index (χ3n) is 7.88. The Morgan fingerprint density at radius 2 is 2.00 bits per heavy atom. The largest absolute Gasteiger partial charge is 0.493 e. The van der Waals surface area contributed by atoms with E-state index in [0.29, 0.717) is 42.9 Å². The number of rotatable bonds is 9. The average Bonchev–Trinajstić information content (AvgIpc) is 3.71. The van der Waals surface area contributed by atoms with E-state index in [4.69, 9.17) is 9.47 Å². The number of hydrogen-bond acceptors (Lipinski definition) is 4. The molecule has 2 aliphatic heterocycles. The van der Waals surface area contributed by atoms with Crippen LogP contribution in [0, 0.1) is 23.1 Å². The first-order valence-corrected chi connectivity index (χ1v) is 12.7. The topological polar surface area (TPSA) is 59.1 Å². The number of carbonyl (C=O) groups excluding carboxylic acids is 2. The van der Waals surface area contributed by atoms with E-state index in [1.807, 2.05) is 0 Å². The molecule has 1 saturated heterocycles. The molecule has 2 aliphatic carbocycles. The summed E-state index contributed by atoms with van der Waals surface area (Å²) < 4.78 is 25.7. The molecule has 0 spiro atoms. The van der Waals surface area contributed by atoms with Gasteiger partial charge in [0.15, 0.2) is 0 Å². The van der Waals surface area contributed by atoms with Gasteiger partial charge in [0.05, 0.1) is 19.6 Å². The van der Waals surface area contributed by atoms with Crippen LogP contribution in [0.15, 0.2) is 29.8 Å². The molecule has 34 heavy (non-hydrogen) atoms. The van der Waals surface area contributed by atoms with Crippen molar-refractivity contribution in [3.05, 3.63) is 41.2 Å². The highest BCUT2D eigenvalue weighted by atomic mass is 19.1. The second kappa shape index (κ2) is 9.59. The van der Waals surface area contributed by atoms with Crippen LogP contribution in [0.25, 0.3) is 0 Å². The van der Waals surface area contributed by atoms with Gasteiger partial charge >= 0.3 is 6.09 Å². The molecule has 0 unspecified atom stereocenters. The lowest BCUT2D eigenvalue weighted by molar-refractivity contribution is -0.133. The zero-order chi connectivity index (χ0) is 23.7. The van der Waals surface area contributed by atoms with E-state index in [0.717, 1.165) is 58.2 Å². The summed E-state index contributed by atoms with van der Waals surface area (Å²) in [7, 11) is 0. The van der Waals surface area contributed by atoms with Crippen LogP contribution in [0.4, 0.5) is 9.18 Å². The standard InChI is InChI=1S/C27H35FN2O4/c1-27(8-9-27)18-34-26(32)30-12-5-19(6-13-30)23-15-20(23)7-14-33-22-4-3-21(24(28)17-22)16-25(31)29-10-2-11-29/h3-5,17,20,23H,2,6-16,18H2,1H3/t20-,23-/m1/s1. The molecule has 2 amide bonds. The highest BCUT2D eigenvalue weighted by Gasteiger charge is 2.41. The first kappa shape index (κ1) is 23.2.